The molecule has 134 valence electrons. The number of halogens is 2. The van der Waals surface area contributed by atoms with Crippen LogP contribution in [0, 0.1) is 16.7 Å². The topological polar surface area (TPSA) is 79.7 Å². The molecule has 1 aromatic heterocycles. The predicted octanol–water partition coefficient (Wildman–Crippen LogP) is 2.77. The first-order valence-electron chi connectivity index (χ1n) is 8.12. The summed E-state index contributed by atoms with van der Waals surface area (Å²) in [5.74, 6) is 0. The number of aromatic nitrogens is 2. The molecule has 5 nitrogen and oxygen atoms in total. The smallest absolute Gasteiger partial charge is 0.0991 e. The van der Waals surface area contributed by atoms with Gasteiger partial charge in [-0.1, -0.05) is 12.1 Å². The van der Waals surface area contributed by atoms with Gasteiger partial charge in [0.05, 0.1) is 17.3 Å². The van der Waals surface area contributed by atoms with Crippen LogP contribution < -0.4 is 11.1 Å². The van der Waals surface area contributed by atoms with Crippen LogP contribution in [0.2, 0.25) is 0 Å². The summed E-state index contributed by atoms with van der Waals surface area (Å²) >= 11 is 0. The number of benzene rings is 1. The van der Waals surface area contributed by atoms with Crippen LogP contribution in [0.4, 0.5) is 0 Å². The third-order valence-electron chi connectivity index (χ3n) is 5.33. The molecular formula is C18H23Cl2N5. The number of hydrogen-bond donors (Lipinski definition) is 2. The molecular weight excluding hydrogens is 357 g/mol. The van der Waals surface area contributed by atoms with E-state index in [4.69, 9.17) is 11.0 Å². The number of aryl methyl sites for hydroxylation is 1. The van der Waals surface area contributed by atoms with Gasteiger partial charge < -0.3 is 11.1 Å². The molecule has 1 heterocycles. The molecule has 1 spiro atoms. The minimum absolute atomic E-state index is 0. The highest BCUT2D eigenvalue weighted by Gasteiger charge is 2.59. The maximum atomic E-state index is 8.91. The van der Waals surface area contributed by atoms with Gasteiger partial charge in [-0.3, -0.25) is 4.68 Å². The van der Waals surface area contributed by atoms with Gasteiger partial charge in [0.2, 0.25) is 0 Å². The van der Waals surface area contributed by atoms with Gasteiger partial charge in [-0.2, -0.15) is 10.4 Å². The molecule has 0 saturated heterocycles. The average Bonchev–Trinajstić information content (AvgIpc) is 3.05. The number of nitriles is 1. The van der Waals surface area contributed by atoms with Crippen molar-refractivity contribution in [3.05, 3.63) is 41.6 Å². The second-order valence-electron chi connectivity index (χ2n) is 7.02. The molecule has 2 aromatic rings. The van der Waals surface area contributed by atoms with E-state index < -0.39 is 0 Å². The van der Waals surface area contributed by atoms with Gasteiger partial charge in [-0.05, 0) is 36.8 Å². The third kappa shape index (κ3) is 3.68. The minimum atomic E-state index is 0. The second kappa shape index (κ2) is 7.35. The fourth-order valence-corrected chi connectivity index (χ4v) is 3.78. The SMILES string of the molecule is Cl.Cl.Cn1cc(CNC2CC3(C2)CC3N)c(-c2ccc(C#N)cc2)n1. The minimum Gasteiger partial charge on any atom is -0.327 e. The Morgan fingerprint density at radius 1 is 1.28 bits per heavy atom. The van der Waals surface area contributed by atoms with Crippen molar-refractivity contribution in [3.8, 4) is 17.3 Å². The van der Waals surface area contributed by atoms with Crippen molar-refractivity contribution in [2.75, 3.05) is 0 Å². The summed E-state index contributed by atoms with van der Waals surface area (Å²) in [6, 6.07) is 10.8. The molecule has 1 unspecified atom stereocenters. The van der Waals surface area contributed by atoms with E-state index in [9.17, 15) is 0 Å². The van der Waals surface area contributed by atoms with E-state index in [-0.39, 0.29) is 24.8 Å². The van der Waals surface area contributed by atoms with Gasteiger partial charge in [0, 0.05) is 43.0 Å². The van der Waals surface area contributed by atoms with Crippen LogP contribution in [0.5, 0.6) is 0 Å². The third-order valence-corrected chi connectivity index (χ3v) is 5.33. The molecule has 0 amide bonds. The lowest BCUT2D eigenvalue weighted by Crippen LogP contribution is -2.44. The van der Waals surface area contributed by atoms with Crippen LogP contribution in [-0.4, -0.2) is 21.9 Å². The quantitative estimate of drug-likeness (QED) is 0.855. The Hall–Kier alpha value is -1.58. The molecule has 0 aliphatic heterocycles. The first-order valence-corrected chi connectivity index (χ1v) is 8.12. The van der Waals surface area contributed by atoms with E-state index in [2.05, 4.69) is 22.7 Å². The van der Waals surface area contributed by atoms with Crippen LogP contribution in [0.1, 0.15) is 30.4 Å². The molecule has 1 aromatic carbocycles. The highest BCUT2D eigenvalue weighted by molar-refractivity contribution is 5.85. The second-order valence-corrected chi connectivity index (χ2v) is 7.02. The number of hydrogen-bond acceptors (Lipinski definition) is 4. The molecule has 2 aliphatic rings. The maximum Gasteiger partial charge on any atom is 0.0991 e. The number of nitrogens with one attached hydrogen (secondary N) is 1. The largest absolute Gasteiger partial charge is 0.327 e. The zero-order chi connectivity index (χ0) is 16.0. The first kappa shape index (κ1) is 19.7. The van der Waals surface area contributed by atoms with Crippen molar-refractivity contribution >= 4 is 24.8 Å². The maximum absolute atomic E-state index is 8.91. The van der Waals surface area contributed by atoms with E-state index >= 15 is 0 Å². The van der Waals surface area contributed by atoms with Crippen LogP contribution in [0.3, 0.4) is 0 Å². The van der Waals surface area contributed by atoms with E-state index in [1.54, 1.807) is 0 Å². The van der Waals surface area contributed by atoms with Crippen molar-refractivity contribution in [3.63, 3.8) is 0 Å². The predicted molar refractivity (Wildman–Crippen MR) is 103 cm³/mol. The summed E-state index contributed by atoms with van der Waals surface area (Å²) in [6.45, 7) is 0.819. The van der Waals surface area contributed by atoms with Gasteiger partial charge in [0.25, 0.3) is 0 Å². The van der Waals surface area contributed by atoms with Crippen molar-refractivity contribution in [2.24, 2.45) is 18.2 Å². The summed E-state index contributed by atoms with van der Waals surface area (Å²) < 4.78 is 1.85. The molecule has 3 N–H and O–H groups in total. The summed E-state index contributed by atoms with van der Waals surface area (Å²) in [5, 5.41) is 17.1. The summed E-state index contributed by atoms with van der Waals surface area (Å²) in [5.41, 5.74) is 10.4. The van der Waals surface area contributed by atoms with Crippen molar-refractivity contribution < 1.29 is 0 Å². The monoisotopic (exact) mass is 379 g/mol. The molecule has 4 rings (SSSR count). The average molecular weight is 380 g/mol. The van der Waals surface area contributed by atoms with Crippen molar-refractivity contribution in [1.82, 2.24) is 15.1 Å². The van der Waals surface area contributed by atoms with E-state index in [0.29, 0.717) is 23.1 Å². The van der Waals surface area contributed by atoms with E-state index in [1.807, 2.05) is 36.0 Å². The number of nitrogens with two attached hydrogens (primary N) is 1. The van der Waals surface area contributed by atoms with Crippen molar-refractivity contribution in [2.45, 2.75) is 37.9 Å². The lowest BCUT2D eigenvalue weighted by molar-refractivity contribution is 0.191. The van der Waals surface area contributed by atoms with Gasteiger partial charge in [-0.25, -0.2) is 0 Å². The molecule has 2 aliphatic carbocycles. The molecule has 1 atom stereocenters. The molecule has 7 heteroatoms. The van der Waals surface area contributed by atoms with Crippen LogP contribution in [0.25, 0.3) is 11.3 Å². The van der Waals surface area contributed by atoms with Crippen molar-refractivity contribution in [1.29, 1.82) is 5.26 Å². The van der Waals surface area contributed by atoms with Gasteiger partial charge in [0.1, 0.15) is 0 Å². The fraction of sp³-hybridized carbons (Fsp3) is 0.444. The van der Waals surface area contributed by atoms with Crippen LogP contribution in [0.15, 0.2) is 30.5 Å². The van der Waals surface area contributed by atoms with E-state index in [0.717, 1.165) is 17.8 Å². The van der Waals surface area contributed by atoms with Crippen LogP contribution in [-0.2, 0) is 13.6 Å². The zero-order valence-corrected chi connectivity index (χ0v) is 15.7. The van der Waals surface area contributed by atoms with Gasteiger partial charge in [0.15, 0.2) is 0 Å². The fourth-order valence-electron chi connectivity index (χ4n) is 3.78. The molecule has 2 fully saturated rings. The highest BCUT2D eigenvalue weighted by Crippen LogP contribution is 2.59. The molecule has 0 radical (unpaired) electrons. The lowest BCUT2D eigenvalue weighted by Gasteiger charge is -2.37. The first-order chi connectivity index (χ1) is 11.1. The number of nitrogens with zero attached hydrogens (tertiary/aromatic N) is 3. The Morgan fingerprint density at radius 2 is 1.92 bits per heavy atom. The zero-order valence-electron chi connectivity index (χ0n) is 14.1. The molecule has 0 bridgehead atoms. The summed E-state index contributed by atoms with van der Waals surface area (Å²) in [6.07, 6.45) is 5.69. The molecule has 2 saturated carbocycles. The Kier molecular flexibility index (Phi) is 5.80. The molecule has 25 heavy (non-hydrogen) atoms. The standard InChI is InChI=1S/C18H21N5.2ClH/c1-23-11-14(10-21-15-6-18(7-15)8-16(18)20)17(22-23)13-4-2-12(9-19)3-5-13;;/h2-5,11,15-16,21H,6-8,10,20H2,1H3;2*1H. The normalized spacial score (nSPS) is 26.1. The van der Waals surface area contributed by atoms with Gasteiger partial charge >= 0.3 is 0 Å². The highest BCUT2D eigenvalue weighted by atomic mass is 35.5. The Labute approximate surface area is 160 Å². The summed E-state index contributed by atoms with van der Waals surface area (Å²) in [4.78, 5) is 0. The Balaban J connectivity index is 0.00000113. The summed E-state index contributed by atoms with van der Waals surface area (Å²) in [7, 11) is 1.94. The Morgan fingerprint density at radius 3 is 2.48 bits per heavy atom. The Bertz CT molecular complexity index is 772. The van der Waals surface area contributed by atoms with Crippen LogP contribution >= 0.6 is 24.8 Å². The number of rotatable bonds is 4. The lowest BCUT2D eigenvalue weighted by atomic mass is 9.76. The van der Waals surface area contributed by atoms with E-state index in [1.165, 1.54) is 24.8 Å². The van der Waals surface area contributed by atoms with Gasteiger partial charge in [-0.15, -0.1) is 24.8 Å².